The fraction of sp³-hybridized carbons (Fsp3) is 0.217. The zero-order chi connectivity index (χ0) is 22.0. The largest absolute Gasteiger partial charge is 0.487 e. The van der Waals surface area contributed by atoms with E-state index in [1.165, 1.54) is 10.6 Å². The van der Waals surface area contributed by atoms with E-state index in [4.69, 9.17) is 4.74 Å². The quantitative estimate of drug-likeness (QED) is 0.518. The molecule has 0 aliphatic heterocycles. The van der Waals surface area contributed by atoms with Gasteiger partial charge in [0.1, 0.15) is 18.7 Å². The lowest BCUT2D eigenvalue weighted by atomic mass is 10.1. The molecule has 2 aromatic heterocycles. The number of benzene rings is 2. The molecule has 0 atom stereocenters. The molecule has 0 saturated heterocycles. The van der Waals surface area contributed by atoms with Gasteiger partial charge in [-0.25, -0.2) is 4.98 Å². The van der Waals surface area contributed by atoms with Gasteiger partial charge < -0.3 is 10.1 Å². The molecule has 0 fully saturated rings. The number of ether oxygens (including phenoxy) is 1. The lowest BCUT2D eigenvalue weighted by molar-refractivity contribution is 0.102. The van der Waals surface area contributed by atoms with Crippen molar-refractivity contribution in [2.75, 3.05) is 5.32 Å². The maximum atomic E-state index is 12.5. The number of hydrogen-bond acceptors (Lipinski definition) is 5. The predicted octanol–water partition coefficient (Wildman–Crippen LogP) is 3.61. The Balaban J connectivity index is 1.48. The van der Waals surface area contributed by atoms with Gasteiger partial charge in [0, 0.05) is 29.4 Å². The first kappa shape index (κ1) is 20.3. The van der Waals surface area contributed by atoms with Crippen molar-refractivity contribution in [3.05, 3.63) is 88.1 Å². The van der Waals surface area contributed by atoms with Crippen LogP contribution >= 0.6 is 0 Å². The molecule has 1 N–H and O–H groups in total. The predicted molar refractivity (Wildman–Crippen MR) is 118 cm³/mol. The third kappa shape index (κ3) is 4.32. The summed E-state index contributed by atoms with van der Waals surface area (Å²) in [6.45, 7) is 5.94. The standard InChI is InChI=1S/C23H23N5O3/c1-15(2)27-14-24-23-26-18(12-21(29)28(23)27)13-31-19-9-6-8-17(11-19)25-22(30)20-10-5-4-7-16(20)3/h4-12,14-15H,13H2,1-3H3,(H,25,30). The summed E-state index contributed by atoms with van der Waals surface area (Å²) in [5, 5.41) is 2.88. The first-order chi connectivity index (χ1) is 14.9. The third-order valence-electron chi connectivity index (χ3n) is 4.85. The summed E-state index contributed by atoms with van der Waals surface area (Å²) >= 11 is 0. The number of aromatic nitrogens is 4. The number of rotatable bonds is 6. The molecular formula is C23H23N5O3. The second-order valence-electron chi connectivity index (χ2n) is 7.50. The SMILES string of the molecule is Cc1ccccc1C(=O)Nc1cccc(OCc2cc(=O)n3c(ncn3C(C)C)n2)c1. The minimum atomic E-state index is -0.214. The highest BCUT2D eigenvalue weighted by atomic mass is 16.5. The van der Waals surface area contributed by atoms with Crippen molar-refractivity contribution in [3.63, 3.8) is 0 Å². The van der Waals surface area contributed by atoms with Gasteiger partial charge >= 0.3 is 0 Å². The van der Waals surface area contributed by atoms with E-state index in [9.17, 15) is 9.59 Å². The highest BCUT2D eigenvalue weighted by Gasteiger charge is 2.11. The number of fused-ring (bicyclic) bond motifs is 1. The first-order valence-corrected chi connectivity index (χ1v) is 9.98. The van der Waals surface area contributed by atoms with Gasteiger partial charge in [-0.05, 0) is 44.5 Å². The number of nitrogens with one attached hydrogen (secondary N) is 1. The average Bonchev–Trinajstić information content (AvgIpc) is 3.18. The third-order valence-corrected chi connectivity index (χ3v) is 4.85. The van der Waals surface area contributed by atoms with Gasteiger partial charge in [-0.3, -0.25) is 14.3 Å². The van der Waals surface area contributed by atoms with Gasteiger partial charge in [0.2, 0.25) is 0 Å². The normalized spacial score (nSPS) is 11.1. The Morgan fingerprint density at radius 3 is 2.71 bits per heavy atom. The number of amides is 1. The van der Waals surface area contributed by atoms with Gasteiger partial charge in [0.05, 0.1) is 5.69 Å². The van der Waals surface area contributed by atoms with Gasteiger partial charge in [-0.1, -0.05) is 24.3 Å². The van der Waals surface area contributed by atoms with Gasteiger partial charge in [-0.2, -0.15) is 9.50 Å². The molecule has 0 bridgehead atoms. The Morgan fingerprint density at radius 1 is 1.13 bits per heavy atom. The van der Waals surface area contributed by atoms with Crippen LogP contribution < -0.4 is 15.6 Å². The summed E-state index contributed by atoms with van der Waals surface area (Å²) in [5.41, 5.74) is 2.40. The minimum absolute atomic E-state index is 0.0872. The molecule has 0 unspecified atom stereocenters. The van der Waals surface area contributed by atoms with Gasteiger partial charge in [0.15, 0.2) is 0 Å². The molecule has 0 saturated carbocycles. The Labute approximate surface area is 179 Å². The van der Waals surface area contributed by atoms with E-state index in [-0.39, 0.29) is 24.1 Å². The van der Waals surface area contributed by atoms with E-state index in [0.29, 0.717) is 28.5 Å². The second kappa shape index (κ2) is 8.43. The average molecular weight is 417 g/mol. The van der Waals surface area contributed by atoms with E-state index >= 15 is 0 Å². The summed E-state index contributed by atoms with van der Waals surface area (Å²) in [6, 6.07) is 16.0. The van der Waals surface area contributed by atoms with E-state index in [1.807, 2.05) is 39.0 Å². The molecule has 2 heterocycles. The van der Waals surface area contributed by atoms with Crippen molar-refractivity contribution in [2.24, 2.45) is 0 Å². The van der Waals surface area contributed by atoms with Gasteiger partial charge in [0.25, 0.3) is 17.2 Å². The van der Waals surface area contributed by atoms with Crippen molar-refractivity contribution in [1.29, 1.82) is 0 Å². The van der Waals surface area contributed by atoms with Crippen LogP contribution in [0, 0.1) is 6.92 Å². The van der Waals surface area contributed by atoms with Crippen LogP contribution in [0.3, 0.4) is 0 Å². The van der Waals surface area contributed by atoms with E-state index in [0.717, 1.165) is 5.56 Å². The molecule has 0 aliphatic carbocycles. The molecule has 0 spiro atoms. The Hall–Kier alpha value is -3.94. The summed E-state index contributed by atoms with van der Waals surface area (Å²) in [6.07, 6.45) is 1.60. The number of hydrogen-bond donors (Lipinski definition) is 1. The zero-order valence-electron chi connectivity index (χ0n) is 17.6. The van der Waals surface area contributed by atoms with E-state index in [1.54, 1.807) is 41.3 Å². The molecule has 2 aromatic carbocycles. The number of carbonyl (C=O) groups is 1. The zero-order valence-corrected chi connectivity index (χ0v) is 17.6. The van der Waals surface area contributed by atoms with Gasteiger partial charge in [-0.15, -0.1) is 0 Å². The van der Waals surface area contributed by atoms with Crippen molar-refractivity contribution in [1.82, 2.24) is 19.2 Å². The maximum Gasteiger partial charge on any atom is 0.274 e. The summed E-state index contributed by atoms with van der Waals surface area (Å²) in [4.78, 5) is 33.6. The Bertz CT molecular complexity index is 1310. The summed E-state index contributed by atoms with van der Waals surface area (Å²) < 4.78 is 8.98. The van der Waals surface area contributed by atoms with E-state index < -0.39 is 0 Å². The molecule has 4 rings (SSSR count). The van der Waals surface area contributed by atoms with Crippen LogP contribution in [0.2, 0.25) is 0 Å². The molecule has 0 radical (unpaired) electrons. The molecule has 1 amide bonds. The molecule has 8 heteroatoms. The van der Waals surface area contributed by atoms with Crippen LogP contribution in [0.4, 0.5) is 5.69 Å². The van der Waals surface area contributed by atoms with Crippen LogP contribution in [0.1, 0.15) is 41.5 Å². The molecule has 0 aliphatic rings. The fourth-order valence-electron chi connectivity index (χ4n) is 3.26. The Morgan fingerprint density at radius 2 is 1.94 bits per heavy atom. The van der Waals surface area contributed by atoms with E-state index in [2.05, 4.69) is 15.3 Å². The van der Waals surface area contributed by atoms with Crippen LogP contribution in [0.15, 0.2) is 65.7 Å². The molecule has 158 valence electrons. The van der Waals surface area contributed by atoms with Crippen molar-refractivity contribution in [3.8, 4) is 5.75 Å². The smallest absolute Gasteiger partial charge is 0.274 e. The molecular weight excluding hydrogens is 394 g/mol. The van der Waals surface area contributed by atoms with Crippen LogP contribution in [0.25, 0.3) is 5.78 Å². The van der Waals surface area contributed by atoms with Crippen molar-refractivity contribution in [2.45, 2.75) is 33.4 Å². The molecule has 4 aromatic rings. The summed E-state index contributed by atoms with van der Waals surface area (Å²) in [7, 11) is 0. The number of carbonyl (C=O) groups excluding carboxylic acids is 1. The lowest BCUT2D eigenvalue weighted by Gasteiger charge is -2.11. The highest BCUT2D eigenvalue weighted by molar-refractivity contribution is 6.05. The Kier molecular flexibility index (Phi) is 5.53. The molecule has 31 heavy (non-hydrogen) atoms. The number of aryl methyl sites for hydroxylation is 1. The summed E-state index contributed by atoms with van der Waals surface area (Å²) in [5.74, 6) is 0.701. The van der Waals surface area contributed by atoms with Crippen LogP contribution in [0.5, 0.6) is 5.75 Å². The second-order valence-corrected chi connectivity index (χ2v) is 7.50. The minimum Gasteiger partial charge on any atom is -0.487 e. The van der Waals surface area contributed by atoms with Crippen molar-refractivity contribution >= 4 is 17.4 Å². The number of nitrogens with zero attached hydrogens (tertiary/aromatic N) is 4. The monoisotopic (exact) mass is 417 g/mol. The molecule has 8 nitrogen and oxygen atoms in total. The fourth-order valence-corrected chi connectivity index (χ4v) is 3.26. The number of anilines is 1. The van der Waals surface area contributed by atoms with Crippen molar-refractivity contribution < 1.29 is 9.53 Å². The topological polar surface area (TPSA) is 90.5 Å². The maximum absolute atomic E-state index is 12.5. The van der Waals surface area contributed by atoms with Crippen LogP contribution in [-0.2, 0) is 6.61 Å². The van der Waals surface area contributed by atoms with Crippen LogP contribution in [-0.4, -0.2) is 25.1 Å². The highest BCUT2D eigenvalue weighted by Crippen LogP contribution is 2.20. The lowest BCUT2D eigenvalue weighted by Crippen LogP contribution is -2.23. The first-order valence-electron chi connectivity index (χ1n) is 9.98.